The monoisotopic (exact) mass is 685 g/mol. The molecule has 1 aromatic carbocycles. The molecule has 1 aromatic rings. The van der Waals surface area contributed by atoms with Gasteiger partial charge in [-0.1, -0.05) is 12.1 Å². The Hall–Kier alpha value is -4.79. The average Bonchev–Trinajstić information content (AvgIpc) is 3.56. The molecule has 0 saturated carbocycles. The van der Waals surface area contributed by atoms with Gasteiger partial charge in [0.05, 0.1) is 0 Å². The summed E-state index contributed by atoms with van der Waals surface area (Å²) in [5.41, 5.74) is 0.856. The lowest BCUT2D eigenvalue weighted by molar-refractivity contribution is -0.138. The van der Waals surface area contributed by atoms with Crippen molar-refractivity contribution in [2.75, 3.05) is 52.0 Å². The van der Waals surface area contributed by atoms with Crippen molar-refractivity contribution in [1.82, 2.24) is 35.9 Å². The van der Waals surface area contributed by atoms with E-state index >= 15 is 0 Å². The minimum atomic E-state index is -3.27. The summed E-state index contributed by atoms with van der Waals surface area (Å²) >= 11 is 0. The van der Waals surface area contributed by atoms with E-state index in [0.717, 1.165) is 22.0 Å². The molecule has 0 radical (unpaired) electrons. The van der Waals surface area contributed by atoms with Crippen LogP contribution in [0.15, 0.2) is 48.6 Å². The van der Waals surface area contributed by atoms with Crippen LogP contribution in [0.2, 0.25) is 0 Å². The fraction of sp³-hybridized carbons (Fsp3) is 0.419. The lowest BCUT2D eigenvalue weighted by atomic mass is 10.1. The fourth-order valence-electron chi connectivity index (χ4n) is 4.64. The summed E-state index contributed by atoms with van der Waals surface area (Å²) in [6.07, 6.45) is 5.36. The summed E-state index contributed by atoms with van der Waals surface area (Å²) in [7, 11) is -3.27. The van der Waals surface area contributed by atoms with Crippen LogP contribution in [0.25, 0.3) is 0 Å². The SMILES string of the molecule is CC(=O)c1ccc(C(=O)NCCCP(=O)(NCCNC(=O)CCCN2C(=O)C=CC2=O)NCCNC(=O)CCN2C(=O)C=CC2=O)cc1. The Kier molecular flexibility index (Phi) is 14.5. The molecule has 1 unspecified atom stereocenters. The molecular weight excluding hydrogens is 645 g/mol. The highest BCUT2D eigenvalue weighted by molar-refractivity contribution is 7.59. The summed E-state index contributed by atoms with van der Waals surface area (Å²) in [6, 6.07) is 6.21. The maximum Gasteiger partial charge on any atom is 0.253 e. The van der Waals surface area contributed by atoms with Gasteiger partial charge in [-0.2, -0.15) is 0 Å². The van der Waals surface area contributed by atoms with Crippen molar-refractivity contribution in [1.29, 1.82) is 0 Å². The summed E-state index contributed by atoms with van der Waals surface area (Å²) in [4.78, 5) is 96.9. The first-order valence-electron chi connectivity index (χ1n) is 15.5. The zero-order valence-corrected chi connectivity index (χ0v) is 27.5. The smallest absolute Gasteiger partial charge is 0.253 e. The highest BCUT2D eigenvalue weighted by Crippen LogP contribution is 2.35. The van der Waals surface area contributed by atoms with Crippen molar-refractivity contribution < 1.29 is 42.9 Å². The molecule has 16 nitrogen and oxygen atoms in total. The van der Waals surface area contributed by atoms with Crippen molar-refractivity contribution in [3.05, 3.63) is 59.7 Å². The van der Waals surface area contributed by atoms with Gasteiger partial charge in [0, 0.05) is 100 Å². The number of hydrogen-bond acceptors (Lipinski definition) is 9. The topological polar surface area (TPSA) is 220 Å². The lowest BCUT2D eigenvalue weighted by Crippen LogP contribution is -2.38. The maximum absolute atomic E-state index is 13.7. The van der Waals surface area contributed by atoms with E-state index < -0.39 is 37.0 Å². The van der Waals surface area contributed by atoms with Gasteiger partial charge in [-0.05, 0) is 31.9 Å². The highest BCUT2D eigenvalue weighted by Gasteiger charge is 2.25. The average molecular weight is 686 g/mol. The van der Waals surface area contributed by atoms with E-state index in [1.165, 1.54) is 19.1 Å². The Labute approximate surface area is 277 Å². The van der Waals surface area contributed by atoms with Crippen LogP contribution in [0.5, 0.6) is 0 Å². The molecule has 7 amide bonds. The number of imide groups is 2. The largest absolute Gasteiger partial charge is 0.355 e. The molecular formula is C31H40N7O9P. The lowest BCUT2D eigenvalue weighted by Gasteiger charge is -2.22. The van der Waals surface area contributed by atoms with E-state index in [1.807, 2.05) is 0 Å². The molecule has 2 aliphatic heterocycles. The molecule has 0 aliphatic carbocycles. The van der Waals surface area contributed by atoms with Crippen LogP contribution < -0.4 is 26.1 Å². The zero-order chi connectivity index (χ0) is 35.1. The van der Waals surface area contributed by atoms with Crippen molar-refractivity contribution in [2.45, 2.75) is 32.6 Å². The third-order valence-corrected chi connectivity index (χ3v) is 9.68. The number of nitrogens with one attached hydrogen (secondary N) is 5. The predicted octanol–water partition coefficient (Wildman–Crippen LogP) is -0.366. The molecule has 5 N–H and O–H groups in total. The van der Waals surface area contributed by atoms with Crippen LogP contribution in [0.1, 0.15) is 53.3 Å². The number of Topliss-reactive ketones (excluding diaryl/α,β-unsaturated/α-hetero) is 1. The molecule has 258 valence electrons. The van der Waals surface area contributed by atoms with Gasteiger partial charge < -0.3 is 16.0 Å². The number of nitrogens with zero attached hydrogens (tertiary/aromatic N) is 2. The maximum atomic E-state index is 13.7. The molecule has 48 heavy (non-hydrogen) atoms. The minimum absolute atomic E-state index is 0.0615. The van der Waals surface area contributed by atoms with Crippen molar-refractivity contribution >= 4 is 54.6 Å². The summed E-state index contributed by atoms with van der Waals surface area (Å²) in [5, 5.41) is 14.0. The highest BCUT2D eigenvalue weighted by atomic mass is 31.2. The molecule has 0 spiro atoms. The van der Waals surface area contributed by atoms with Crippen LogP contribution in [-0.2, 0) is 33.3 Å². The molecule has 0 fully saturated rings. The van der Waals surface area contributed by atoms with Gasteiger partial charge >= 0.3 is 0 Å². The van der Waals surface area contributed by atoms with E-state index in [0.29, 0.717) is 17.5 Å². The first kappa shape index (κ1) is 37.7. The van der Waals surface area contributed by atoms with E-state index in [2.05, 4.69) is 26.1 Å². The van der Waals surface area contributed by atoms with Gasteiger partial charge in [0.15, 0.2) is 5.78 Å². The van der Waals surface area contributed by atoms with E-state index in [4.69, 9.17) is 0 Å². The van der Waals surface area contributed by atoms with Gasteiger partial charge in [0.25, 0.3) is 29.5 Å². The third kappa shape index (κ3) is 12.1. The molecule has 2 aliphatic rings. The van der Waals surface area contributed by atoms with E-state index in [-0.39, 0.29) is 88.8 Å². The zero-order valence-electron chi connectivity index (χ0n) is 26.6. The van der Waals surface area contributed by atoms with Gasteiger partial charge in [-0.15, -0.1) is 0 Å². The van der Waals surface area contributed by atoms with E-state index in [9.17, 15) is 42.9 Å². The third-order valence-electron chi connectivity index (χ3n) is 7.27. The van der Waals surface area contributed by atoms with Crippen LogP contribution in [0, 0.1) is 0 Å². The van der Waals surface area contributed by atoms with Gasteiger partial charge in [0.2, 0.25) is 19.3 Å². The summed E-state index contributed by atoms with van der Waals surface area (Å²) in [5.74, 6) is -2.96. The van der Waals surface area contributed by atoms with Crippen molar-refractivity contribution in [3.8, 4) is 0 Å². The molecule has 3 rings (SSSR count). The Morgan fingerprint density at radius 2 is 1.08 bits per heavy atom. The summed E-state index contributed by atoms with van der Waals surface area (Å²) in [6.45, 7) is 2.19. The second-order valence-electron chi connectivity index (χ2n) is 10.9. The van der Waals surface area contributed by atoms with Gasteiger partial charge in [0.1, 0.15) is 0 Å². The number of benzene rings is 1. The van der Waals surface area contributed by atoms with Gasteiger partial charge in [-0.3, -0.25) is 62.9 Å². The standard InChI is InChI=1S/C31H40N7O9P/c1-22(39)23-5-7-24(8-6-23)31(46)34-14-3-21-48(47,36-18-16-33-26(41)13-20-38-29(44)11-12-30(38)45)35-17-15-32-25(40)4-2-19-37-27(42)9-10-28(37)43/h5-12H,2-4,13-21H2,1H3,(H,32,40)(H,33,41)(H,34,46)(H2,35,36,47). The number of carbonyl (C=O) groups is 8. The molecule has 0 saturated heterocycles. The first-order chi connectivity index (χ1) is 22.9. The van der Waals surface area contributed by atoms with Crippen LogP contribution in [0.4, 0.5) is 0 Å². The van der Waals surface area contributed by atoms with Crippen molar-refractivity contribution in [3.63, 3.8) is 0 Å². The molecule has 17 heteroatoms. The first-order valence-corrected chi connectivity index (χ1v) is 17.4. The number of hydrogen-bond donors (Lipinski definition) is 5. The quantitative estimate of drug-likeness (QED) is 0.0487. The van der Waals surface area contributed by atoms with Crippen molar-refractivity contribution in [2.24, 2.45) is 0 Å². The Bertz CT molecular complexity index is 1490. The Balaban J connectivity index is 1.42. The van der Waals surface area contributed by atoms with Gasteiger partial charge in [-0.25, -0.2) is 0 Å². The Morgan fingerprint density at radius 3 is 1.60 bits per heavy atom. The normalized spacial score (nSPS) is 15.2. The number of rotatable bonds is 21. The summed E-state index contributed by atoms with van der Waals surface area (Å²) < 4.78 is 13.7. The van der Waals surface area contributed by atoms with Crippen LogP contribution >= 0.6 is 7.44 Å². The predicted molar refractivity (Wildman–Crippen MR) is 173 cm³/mol. The molecule has 0 aromatic heterocycles. The second kappa shape index (κ2) is 18.5. The molecule has 1 atom stereocenters. The number of amides is 7. The Morgan fingerprint density at radius 1 is 0.604 bits per heavy atom. The van der Waals surface area contributed by atoms with E-state index in [1.54, 1.807) is 24.3 Å². The molecule has 0 bridgehead atoms. The minimum Gasteiger partial charge on any atom is -0.355 e. The number of ketones is 1. The number of carbonyl (C=O) groups excluding carboxylic acids is 8. The molecule has 2 heterocycles. The second-order valence-corrected chi connectivity index (χ2v) is 13.5. The van der Waals surface area contributed by atoms with Crippen LogP contribution in [0.3, 0.4) is 0 Å². The van der Waals surface area contributed by atoms with Crippen LogP contribution in [-0.4, -0.2) is 109 Å². The fourth-order valence-corrected chi connectivity index (χ4v) is 6.62.